The Hall–Kier alpha value is -8.38. The predicted octanol–water partition coefficient (Wildman–Crippen LogP) is 9.67. The quantitative estimate of drug-likeness (QED) is 0.0417. The number of hydrogen-bond acceptors (Lipinski definition) is 13. The number of aliphatic hydroxyl groups excluding tert-OH is 2. The molecule has 8 aromatic rings. The zero-order valence-corrected chi connectivity index (χ0v) is 44.3. The third kappa shape index (κ3) is 11.1. The van der Waals surface area contributed by atoms with E-state index in [-0.39, 0.29) is 36.9 Å². The molecule has 1 fully saturated rings. The summed E-state index contributed by atoms with van der Waals surface area (Å²) in [5.41, 5.74) is 2.16. The second kappa shape index (κ2) is 25.2. The van der Waals surface area contributed by atoms with Gasteiger partial charge in [-0.3, -0.25) is 19.5 Å². The van der Waals surface area contributed by atoms with Gasteiger partial charge in [0.2, 0.25) is 0 Å². The van der Waals surface area contributed by atoms with E-state index in [0.29, 0.717) is 28.6 Å². The molecular weight excluding hydrogens is 995 g/mol. The molecule has 16 nitrogen and oxygen atoms in total. The van der Waals surface area contributed by atoms with Crippen molar-refractivity contribution in [2.45, 2.75) is 62.6 Å². The van der Waals surface area contributed by atoms with E-state index in [4.69, 9.17) is 33.2 Å². The maximum Gasteiger partial charge on any atom is 0.335 e. The van der Waals surface area contributed by atoms with Gasteiger partial charge in [-0.2, -0.15) is 0 Å². The topological polar surface area (TPSA) is 192 Å². The van der Waals surface area contributed by atoms with Crippen molar-refractivity contribution in [1.82, 2.24) is 9.13 Å². The number of hydrogen-bond donors (Lipinski definition) is 2. The number of rotatable bonds is 20. The van der Waals surface area contributed by atoms with Crippen LogP contribution in [0, 0.1) is 17.0 Å². The maximum absolute atomic E-state index is 12.9. The smallest absolute Gasteiger partial charge is 0.335 e. The van der Waals surface area contributed by atoms with Crippen molar-refractivity contribution in [3.05, 3.63) is 264 Å². The molecule has 0 radical (unpaired) electrons. The first-order valence-corrected chi connectivity index (χ1v) is 25.3. The Bertz CT molecular complexity index is 3170. The predicted molar refractivity (Wildman–Crippen MR) is 294 cm³/mol. The number of nitro benzene ring substituents is 1. The van der Waals surface area contributed by atoms with E-state index in [1.165, 1.54) is 16.8 Å². The molecule has 9 rings (SSSR count). The molecule has 0 aliphatic carbocycles. The first kappa shape index (κ1) is 55.8. The monoisotopic (exact) mass is 1060 g/mol. The Morgan fingerprint density at radius 3 is 1.51 bits per heavy atom. The molecule has 404 valence electrons. The lowest BCUT2D eigenvalue weighted by Crippen LogP contribution is -2.45. The first-order chi connectivity index (χ1) is 37.9. The van der Waals surface area contributed by atoms with E-state index in [1.807, 2.05) is 109 Å². The van der Waals surface area contributed by atoms with E-state index in [2.05, 4.69) is 48.5 Å². The highest BCUT2D eigenvalue weighted by molar-refractivity contribution is 5.62. The second-order valence-corrected chi connectivity index (χ2v) is 18.6. The average molecular weight is 1060 g/mol. The summed E-state index contributed by atoms with van der Waals surface area (Å²) in [6.45, 7) is 2.61. The molecular formula is C62H63N3O13. The fraction of sp³-hybridized carbons (Fsp3) is 0.258. The summed E-state index contributed by atoms with van der Waals surface area (Å²) < 4.78 is 45.5. The van der Waals surface area contributed by atoms with Crippen molar-refractivity contribution in [3.8, 4) is 23.0 Å². The van der Waals surface area contributed by atoms with Crippen LogP contribution in [0.15, 0.2) is 198 Å². The Kier molecular flexibility index (Phi) is 18.0. The van der Waals surface area contributed by atoms with E-state index in [0.717, 1.165) is 37.9 Å². The molecule has 1 unspecified atom stereocenters. The Morgan fingerprint density at radius 1 is 0.654 bits per heavy atom. The molecule has 2 heterocycles. The Balaban J connectivity index is 0.000000225. The lowest BCUT2D eigenvalue weighted by Gasteiger charge is -2.47. The summed E-state index contributed by atoms with van der Waals surface area (Å²) in [4.78, 5) is 36.1. The lowest BCUT2D eigenvalue weighted by atomic mass is 9.74. The van der Waals surface area contributed by atoms with Gasteiger partial charge in [0.05, 0.1) is 52.7 Å². The van der Waals surface area contributed by atoms with Gasteiger partial charge in [-0.15, -0.1) is 0 Å². The zero-order chi connectivity index (χ0) is 55.4. The third-order valence-corrected chi connectivity index (χ3v) is 13.9. The van der Waals surface area contributed by atoms with Crippen molar-refractivity contribution in [2.75, 3.05) is 41.7 Å². The summed E-state index contributed by atoms with van der Waals surface area (Å²) in [6, 6.07) is 59.2. The number of para-hydroxylation sites is 3. The number of nitrogens with zero attached hydrogens (tertiary/aromatic N) is 3. The van der Waals surface area contributed by atoms with Crippen molar-refractivity contribution in [3.63, 3.8) is 0 Å². The van der Waals surface area contributed by atoms with Crippen LogP contribution in [0.1, 0.15) is 70.0 Å². The minimum absolute atomic E-state index is 0.0240. The third-order valence-electron chi connectivity index (χ3n) is 13.9. The molecule has 0 bridgehead atoms. The first-order valence-electron chi connectivity index (χ1n) is 25.3. The van der Waals surface area contributed by atoms with Crippen molar-refractivity contribution in [2.24, 2.45) is 0 Å². The van der Waals surface area contributed by atoms with Gasteiger partial charge in [0.1, 0.15) is 30.3 Å². The van der Waals surface area contributed by atoms with Crippen LogP contribution in [0.4, 0.5) is 5.69 Å². The van der Waals surface area contributed by atoms with Crippen molar-refractivity contribution < 1.29 is 48.3 Å². The van der Waals surface area contributed by atoms with Crippen LogP contribution in [0.3, 0.4) is 0 Å². The van der Waals surface area contributed by atoms with Gasteiger partial charge in [0.15, 0.2) is 23.0 Å². The number of aliphatic hydroxyl groups is 2. The molecule has 1 aromatic heterocycles. The van der Waals surface area contributed by atoms with Crippen LogP contribution in [0.25, 0.3) is 0 Å². The summed E-state index contributed by atoms with van der Waals surface area (Å²) >= 11 is 0. The van der Waals surface area contributed by atoms with Crippen molar-refractivity contribution in [1.29, 1.82) is 0 Å². The molecule has 0 amide bonds. The van der Waals surface area contributed by atoms with Crippen LogP contribution < -0.4 is 30.2 Å². The molecule has 1 saturated heterocycles. The summed E-state index contributed by atoms with van der Waals surface area (Å²) in [7, 11) is 6.62. The number of aromatic nitrogens is 2. The molecule has 1 aliphatic rings. The molecule has 0 saturated carbocycles. The van der Waals surface area contributed by atoms with E-state index >= 15 is 0 Å². The minimum atomic E-state index is -1.26. The SMILES string of the molecule is COc1cccc(C(OC(c2ccccc2)(c2ccccc2)c2cccc(OC)c2OC)(c2ccccc2)c2ccccc2)c1OC.Cc1cn([C@H]2C[C@H](O)[C@@H](CO)O2)c(=O)n(COCC(C)c2ccccc2[N+](=O)[O-])c1=O. The van der Waals surface area contributed by atoms with Gasteiger partial charge < -0.3 is 43.4 Å². The summed E-state index contributed by atoms with van der Waals surface area (Å²) in [5.74, 6) is 1.97. The van der Waals surface area contributed by atoms with Crippen LogP contribution in [-0.2, 0) is 32.1 Å². The van der Waals surface area contributed by atoms with Crippen molar-refractivity contribution >= 4 is 5.69 Å². The highest BCUT2D eigenvalue weighted by atomic mass is 16.6. The molecule has 7 aromatic carbocycles. The van der Waals surface area contributed by atoms with E-state index in [9.17, 15) is 29.9 Å². The number of methoxy groups -OCH3 is 4. The molecule has 4 atom stereocenters. The second-order valence-electron chi connectivity index (χ2n) is 18.6. The van der Waals surface area contributed by atoms with Crippen LogP contribution >= 0.6 is 0 Å². The standard InChI is InChI=1S/C42H38O5.C20H25N3O8/c1-43-37-29-17-27-35(39(37)45-3)41(31-19-9-5-10-20-31,32-21-11-6-12-22-32)47-42(33-23-13-7-14-24-33,34-25-15-8-16-26-34)36-28-18-30-38(44-2)40(36)46-4;1-12-8-21(18-7-16(25)17(9-24)31-18)20(27)22(19(12)26)11-30-10-13(2)14-5-3-4-6-15(14)23(28)29/h5-30H,1-4H3;3-6,8,13,16-18,24-25H,7,9-11H2,1-2H3/t;13?,16-,17+,18+/m.0/s1. The fourth-order valence-corrected chi connectivity index (χ4v) is 10.2. The highest BCUT2D eigenvalue weighted by Gasteiger charge is 2.52. The molecule has 1 aliphatic heterocycles. The van der Waals surface area contributed by atoms with Gasteiger partial charge in [0, 0.05) is 46.9 Å². The van der Waals surface area contributed by atoms with Gasteiger partial charge in [-0.25, -0.2) is 9.36 Å². The molecule has 0 spiro atoms. The van der Waals surface area contributed by atoms with Gasteiger partial charge in [-0.1, -0.05) is 171 Å². The lowest BCUT2D eigenvalue weighted by molar-refractivity contribution is -0.385. The highest BCUT2D eigenvalue weighted by Crippen LogP contribution is 2.56. The fourth-order valence-electron chi connectivity index (χ4n) is 10.2. The average Bonchev–Trinajstić information content (AvgIpc) is 3.72. The Morgan fingerprint density at radius 2 is 1.10 bits per heavy atom. The van der Waals surface area contributed by atoms with Gasteiger partial charge >= 0.3 is 5.69 Å². The maximum atomic E-state index is 12.9. The van der Waals surface area contributed by atoms with E-state index < -0.39 is 52.4 Å². The molecule has 78 heavy (non-hydrogen) atoms. The number of aryl methyl sites for hydroxylation is 1. The number of ether oxygens (including phenoxy) is 7. The number of benzene rings is 7. The van der Waals surface area contributed by atoms with Gasteiger partial charge in [0.25, 0.3) is 11.2 Å². The molecule has 2 N–H and O–H groups in total. The van der Waals surface area contributed by atoms with Crippen LogP contribution in [0.2, 0.25) is 0 Å². The summed E-state index contributed by atoms with van der Waals surface area (Å²) in [5, 5.41) is 30.4. The number of nitro groups is 1. The van der Waals surface area contributed by atoms with Gasteiger partial charge in [-0.05, 0) is 41.3 Å². The summed E-state index contributed by atoms with van der Waals surface area (Å²) in [6.07, 6.45) is -1.11. The van der Waals surface area contributed by atoms with Crippen LogP contribution in [0.5, 0.6) is 23.0 Å². The van der Waals surface area contributed by atoms with Crippen LogP contribution in [-0.4, -0.2) is 78.1 Å². The molecule has 16 heteroatoms. The Labute approximate surface area is 452 Å². The van der Waals surface area contributed by atoms with E-state index in [1.54, 1.807) is 60.5 Å². The minimum Gasteiger partial charge on any atom is -0.493 e. The normalized spacial score (nSPS) is 15.6. The zero-order valence-electron chi connectivity index (χ0n) is 44.3. The largest absolute Gasteiger partial charge is 0.493 e.